The minimum absolute atomic E-state index is 0.129. The highest BCUT2D eigenvalue weighted by atomic mass is 15.5. The predicted molar refractivity (Wildman–Crippen MR) is 102 cm³/mol. The van der Waals surface area contributed by atoms with E-state index < -0.39 is 0 Å². The minimum Gasteiger partial charge on any atom is -0.281 e. The Labute approximate surface area is 148 Å². The van der Waals surface area contributed by atoms with Crippen molar-refractivity contribution in [2.45, 2.75) is 18.4 Å². The molecule has 0 bridgehead atoms. The molecule has 0 amide bonds. The molecule has 2 aliphatic rings. The smallest absolute Gasteiger partial charge is 0.108 e. The largest absolute Gasteiger partial charge is 0.281 e. The molecular formula is C23H20N2. The van der Waals surface area contributed by atoms with Gasteiger partial charge in [-0.05, 0) is 24.0 Å². The molecule has 5 rings (SSSR count). The standard InChI is InChI=1S/C23H20N2/c1-3-10-18(11-4-1)22-20-14-7-8-15-21(20)23(16-9-17-25(23)24-22)19-12-5-2-6-13-19/h1-8,10-15H,9,16-17H2. The van der Waals surface area contributed by atoms with Crippen molar-refractivity contribution in [3.63, 3.8) is 0 Å². The van der Waals surface area contributed by atoms with E-state index in [4.69, 9.17) is 5.10 Å². The third kappa shape index (κ3) is 2.07. The topological polar surface area (TPSA) is 15.6 Å². The average Bonchev–Trinajstić information content (AvgIpc) is 3.14. The molecule has 0 aliphatic carbocycles. The van der Waals surface area contributed by atoms with E-state index in [0.717, 1.165) is 25.1 Å². The number of hydrogen-bond acceptors (Lipinski definition) is 2. The summed E-state index contributed by atoms with van der Waals surface area (Å²) in [4.78, 5) is 0. The van der Waals surface area contributed by atoms with Gasteiger partial charge in [-0.1, -0.05) is 84.9 Å². The molecule has 1 saturated heterocycles. The lowest BCUT2D eigenvalue weighted by atomic mass is 9.76. The van der Waals surface area contributed by atoms with E-state index in [1.165, 1.54) is 22.3 Å². The second-order valence-electron chi connectivity index (χ2n) is 6.81. The molecule has 1 unspecified atom stereocenters. The zero-order valence-electron chi connectivity index (χ0n) is 14.1. The van der Waals surface area contributed by atoms with Crippen molar-refractivity contribution in [2.24, 2.45) is 5.10 Å². The summed E-state index contributed by atoms with van der Waals surface area (Å²) in [6.45, 7) is 1.000. The van der Waals surface area contributed by atoms with E-state index >= 15 is 0 Å². The van der Waals surface area contributed by atoms with Crippen LogP contribution in [0.1, 0.15) is 35.1 Å². The van der Waals surface area contributed by atoms with Gasteiger partial charge in [0, 0.05) is 17.7 Å². The van der Waals surface area contributed by atoms with E-state index in [-0.39, 0.29) is 5.54 Å². The summed E-state index contributed by atoms with van der Waals surface area (Å²) in [6, 6.07) is 30.2. The summed E-state index contributed by atoms with van der Waals surface area (Å²) in [5.74, 6) is 0. The zero-order chi connectivity index (χ0) is 16.7. The monoisotopic (exact) mass is 324 g/mol. The molecule has 1 atom stereocenters. The molecule has 0 radical (unpaired) electrons. The van der Waals surface area contributed by atoms with Crippen molar-refractivity contribution < 1.29 is 0 Å². The van der Waals surface area contributed by atoms with Gasteiger partial charge >= 0.3 is 0 Å². The molecule has 0 spiro atoms. The molecule has 2 nitrogen and oxygen atoms in total. The number of fused-ring (bicyclic) bond motifs is 3. The Balaban J connectivity index is 1.78. The van der Waals surface area contributed by atoms with Gasteiger partial charge in [-0.3, -0.25) is 5.01 Å². The van der Waals surface area contributed by atoms with Gasteiger partial charge in [0.2, 0.25) is 0 Å². The van der Waals surface area contributed by atoms with Gasteiger partial charge < -0.3 is 0 Å². The Hall–Kier alpha value is -2.87. The summed E-state index contributed by atoms with van der Waals surface area (Å²) in [7, 11) is 0. The molecule has 0 aromatic heterocycles. The molecule has 3 aromatic carbocycles. The second kappa shape index (κ2) is 5.59. The van der Waals surface area contributed by atoms with Crippen LogP contribution in [0.5, 0.6) is 0 Å². The molecule has 0 saturated carbocycles. The van der Waals surface area contributed by atoms with Crippen LogP contribution in [-0.2, 0) is 5.54 Å². The highest BCUT2D eigenvalue weighted by Crippen LogP contribution is 2.48. The third-order valence-electron chi connectivity index (χ3n) is 5.50. The molecular weight excluding hydrogens is 304 g/mol. The van der Waals surface area contributed by atoms with E-state index in [1.807, 2.05) is 0 Å². The minimum atomic E-state index is -0.129. The van der Waals surface area contributed by atoms with Crippen LogP contribution in [0.25, 0.3) is 0 Å². The number of nitrogens with zero attached hydrogens (tertiary/aromatic N) is 2. The average molecular weight is 324 g/mol. The first kappa shape index (κ1) is 14.5. The van der Waals surface area contributed by atoms with Crippen LogP contribution in [0.3, 0.4) is 0 Å². The Morgan fingerprint density at radius 3 is 2.24 bits per heavy atom. The van der Waals surface area contributed by atoms with Crippen LogP contribution in [0.4, 0.5) is 0 Å². The Kier molecular flexibility index (Phi) is 3.24. The van der Waals surface area contributed by atoms with Crippen LogP contribution in [0.2, 0.25) is 0 Å². The van der Waals surface area contributed by atoms with Crippen molar-refractivity contribution in [1.29, 1.82) is 0 Å². The highest BCUT2D eigenvalue weighted by Gasteiger charge is 2.47. The Morgan fingerprint density at radius 1 is 0.760 bits per heavy atom. The van der Waals surface area contributed by atoms with Gasteiger partial charge in [-0.25, -0.2) is 0 Å². The van der Waals surface area contributed by atoms with Crippen molar-refractivity contribution in [3.8, 4) is 0 Å². The van der Waals surface area contributed by atoms with Crippen LogP contribution < -0.4 is 0 Å². The van der Waals surface area contributed by atoms with Gasteiger partial charge in [0.25, 0.3) is 0 Å². The Morgan fingerprint density at radius 2 is 1.44 bits per heavy atom. The number of rotatable bonds is 2. The molecule has 122 valence electrons. The fourth-order valence-electron chi connectivity index (χ4n) is 4.41. The van der Waals surface area contributed by atoms with Crippen molar-refractivity contribution in [3.05, 3.63) is 107 Å². The molecule has 25 heavy (non-hydrogen) atoms. The lowest BCUT2D eigenvalue weighted by Crippen LogP contribution is -2.44. The van der Waals surface area contributed by atoms with Crippen molar-refractivity contribution >= 4 is 5.71 Å². The van der Waals surface area contributed by atoms with Gasteiger partial charge in [0.05, 0.1) is 5.71 Å². The number of hydrazone groups is 1. The van der Waals surface area contributed by atoms with E-state index in [1.54, 1.807) is 0 Å². The lowest BCUT2D eigenvalue weighted by molar-refractivity contribution is 0.181. The van der Waals surface area contributed by atoms with Crippen LogP contribution in [-0.4, -0.2) is 17.3 Å². The van der Waals surface area contributed by atoms with Crippen LogP contribution in [0.15, 0.2) is 90.0 Å². The molecule has 2 heterocycles. The van der Waals surface area contributed by atoms with Crippen molar-refractivity contribution in [1.82, 2.24) is 5.01 Å². The second-order valence-corrected chi connectivity index (χ2v) is 6.81. The van der Waals surface area contributed by atoms with Crippen LogP contribution in [0, 0.1) is 0 Å². The lowest BCUT2D eigenvalue weighted by Gasteiger charge is -2.42. The first-order chi connectivity index (χ1) is 12.4. The molecule has 0 N–H and O–H groups in total. The first-order valence-corrected chi connectivity index (χ1v) is 8.97. The fraction of sp³-hybridized carbons (Fsp3) is 0.174. The first-order valence-electron chi connectivity index (χ1n) is 8.97. The number of hydrogen-bond donors (Lipinski definition) is 0. The van der Waals surface area contributed by atoms with E-state index in [9.17, 15) is 0 Å². The quantitative estimate of drug-likeness (QED) is 0.661. The summed E-state index contributed by atoms with van der Waals surface area (Å²) < 4.78 is 0. The van der Waals surface area contributed by atoms with Gasteiger partial charge in [-0.2, -0.15) is 5.10 Å². The third-order valence-corrected chi connectivity index (χ3v) is 5.50. The molecule has 2 aliphatic heterocycles. The molecule has 3 aromatic rings. The van der Waals surface area contributed by atoms with E-state index in [0.29, 0.717) is 0 Å². The Bertz CT molecular complexity index is 931. The maximum absolute atomic E-state index is 5.15. The van der Waals surface area contributed by atoms with Gasteiger partial charge in [0.1, 0.15) is 5.54 Å². The summed E-state index contributed by atoms with van der Waals surface area (Å²) in [5.41, 5.74) is 6.13. The van der Waals surface area contributed by atoms with Crippen molar-refractivity contribution in [2.75, 3.05) is 6.54 Å². The highest BCUT2D eigenvalue weighted by molar-refractivity contribution is 6.14. The number of benzene rings is 3. The maximum Gasteiger partial charge on any atom is 0.108 e. The zero-order valence-corrected chi connectivity index (χ0v) is 14.1. The maximum atomic E-state index is 5.15. The normalized spacial score (nSPS) is 21.4. The van der Waals surface area contributed by atoms with E-state index in [2.05, 4.69) is 89.9 Å². The molecule has 2 heteroatoms. The predicted octanol–water partition coefficient (Wildman–Crippen LogP) is 4.79. The fourth-order valence-corrected chi connectivity index (χ4v) is 4.41. The van der Waals surface area contributed by atoms with Gasteiger partial charge in [-0.15, -0.1) is 0 Å². The SMILES string of the molecule is c1ccc(C2=NN3CCCC3(c3ccccc3)c3ccccc32)cc1. The summed E-state index contributed by atoms with van der Waals surface area (Å²) >= 11 is 0. The molecule has 1 fully saturated rings. The summed E-state index contributed by atoms with van der Waals surface area (Å²) in [5, 5.41) is 7.48. The summed E-state index contributed by atoms with van der Waals surface area (Å²) in [6.07, 6.45) is 2.27. The van der Waals surface area contributed by atoms with Crippen LogP contribution >= 0.6 is 0 Å². The van der Waals surface area contributed by atoms with Gasteiger partial charge in [0.15, 0.2) is 0 Å².